The predicted molar refractivity (Wildman–Crippen MR) is 88.3 cm³/mol. The fourth-order valence-electron chi connectivity index (χ4n) is 3.54. The maximum absolute atomic E-state index is 3.80. The molecule has 0 radical (unpaired) electrons. The monoisotopic (exact) mass is 273 g/mol. The van der Waals surface area contributed by atoms with Gasteiger partial charge in [0.15, 0.2) is 0 Å². The van der Waals surface area contributed by atoms with Gasteiger partial charge in [0.25, 0.3) is 0 Å². The summed E-state index contributed by atoms with van der Waals surface area (Å²) < 4.78 is 0. The van der Waals surface area contributed by atoms with Crippen molar-refractivity contribution < 1.29 is 0 Å². The maximum atomic E-state index is 3.80. The Morgan fingerprint density at radius 3 is 2.25 bits per heavy atom. The lowest BCUT2D eigenvalue weighted by Crippen LogP contribution is -2.35. The van der Waals surface area contributed by atoms with Crippen LogP contribution in [0.3, 0.4) is 0 Å². The second-order valence-corrected chi connectivity index (χ2v) is 7.27. The van der Waals surface area contributed by atoms with Crippen LogP contribution in [0.25, 0.3) is 0 Å². The minimum atomic E-state index is 0.452. The highest BCUT2D eigenvalue weighted by Gasteiger charge is 2.27. The minimum Gasteiger partial charge on any atom is -0.310 e. The lowest BCUT2D eigenvalue weighted by Gasteiger charge is -2.35. The van der Waals surface area contributed by atoms with E-state index in [-0.39, 0.29) is 0 Å². The van der Waals surface area contributed by atoms with Gasteiger partial charge in [-0.3, -0.25) is 0 Å². The van der Waals surface area contributed by atoms with Crippen molar-refractivity contribution in [1.29, 1.82) is 0 Å². The molecule has 0 bridgehead atoms. The molecule has 20 heavy (non-hydrogen) atoms. The first kappa shape index (κ1) is 15.6. The van der Waals surface area contributed by atoms with Gasteiger partial charge in [-0.2, -0.15) is 0 Å². The van der Waals surface area contributed by atoms with Gasteiger partial charge < -0.3 is 5.32 Å². The molecule has 1 unspecified atom stereocenters. The summed E-state index contributed by atoms with van der Waals surface area (Å²) in [6.07, 6.45) is 7.03. The molecule has 1 heteroatoms. The Kier molecular flexibility index (Phi) is 4.90. The van der Waals surface area contributed by atoms with E-state index in [1.807, 2.05) is 0 Å². The third-order valence-electron chi connectivity index (χ3n) is 5.24. The summed E-state index contributed by atoms with van der Waals surface area (Å²) in [7, 11) is 0. The van der Waals surface area contributed by atoms with Gasteiger partial charge in [0.2, 0.25) is 0 Å². The van der Waals surface area contributed by atoms with Crippen LogP contribution in [-0.4, -0.2) is 6.54 Å². The molecule has 1 aliphatic rings. The van der Waals surface area contributed by atoms with Crippen molar-refractivity contribution in [3.63, 3.8) is 0 Å². The number of aryl methyl sites for hydroxylation is 3. The Hall–Kier alpha value is -0.820. The van der Waals surface area contributed by atoms with Crippen LogP contribution in [0.1, 0.15) is 74.2 Å². The van der Waals surface area contributed by atoms with Gasteiger partial charge in [0.1, 0.15) is 0 Å². The lowest BCUT2D eigenvalue weighted by molar-refractivity contribution is 0.202. The average Bonchev–Trinajstić information content (AvgIpc) is 2.41. The van der Waals surface area contributed by atoms with E-state index >= 15 is 0 Å². The molecule has 112 valence electrons. The van der Waals surface area contributed by atoms with Crippen LogP contribution in [0.2, 0.25) is 0 Å². The van der Waals surface area contributed by atoms with E-state index in [0.717, 1.165) is 6.54 Å². The molecule has 1 fully saturated rings. The van der Waals surface area contributed by atoms with E-state index in [9.17, 15) is 0 Å². The lowest BCUT2D eigenvalue weighted by atomic mass is 9.75. The molecular formula is C19H31N. The number of rotatable bonds is 4. The fraction of sp³-hybridized carbons (Fsp3) is 0.684. The predicted octanol–water partition coefficient (Wildman–Crippen LogP) is 5.23. The Morgan fingerprint density at radius 2 is 1.60 bits per heavy atom. The van der Waals surface area contributed by atoms with E-state index in [4.69, 9.17) is 0 Å². The summed E-state index contributed by atoms with van der Waals surface area (Å²) >= 11 is 0. The number of nitrogens with one attached hydrogen (secondary N) is 1. The highest BCUT2D eigenvalue weighted by atomic mass is 14.9. The van der Waals surface area contributed by atoms with Gasteiger partial charge in [-0.15, -0.1) is 0 Å². The van der Waals surface area contributed by atoms with Crippen LogP contribution in [-0.2, 0) is 0 Å². The largest absolute Gasteiger partial charge is 0.310 e. The van der Waals surface area contributed by atoms with E-state index in [2.05, 4.69) is 52.1 Å². The standard InChI is InChI=1S/C19H31N/c1-14-11-16(3)18(12-15(14)2)17(4)20-13-19(5)9-7-6-8-10-19/h11-12,17,20H,6-10,13H2,1-5H3. The highest BCUT2D eigenvalue weighted by Crippen LogP contribution is 2.35. The summed E-state index contributed by atoms with van der Waals surface area (Å²) in [4.78, 5) is 0. The molecule has 1 aromatic rings. The Bertz CT molecular complexity index is 455. The number of hydrogen-bond donors (Lipinski definition) is 1. The molecule has 0 amide bonds. The van der Waals surface area contributed by atoms with Gasteiger partial charge in [0.05, 0.1) is 0 Å². The molecule has 1 aliphatic carbocycles. The second-order valence-electron chi connectivity index (χ2n) is 7.27. The summed E-state index contributed by atoms with van der Waals surface area (Å²) in [5.41, 5.74) is 6.20. The summed E-state index contributed by atoms with van der Waals surface area (Å²) in [6, 6.07) is 5.14. The molecule has 1 nitrogen and oxygen atoms in total. The van der Waals surface area contributed by atoms with Gasteiger partial charge in [0, 0.05) is 12.6 Å². The molecule has 2 rings (SSSR count). The number of benzene rings is 1. The molecule has 0 saturated heterocycles. The average molecular weight is 273 g/mol. The van der Waals surface area contributed by atoms with Crippen LogP contribution in [0.4, 0.5) is 0 Å². The van der Waals surface area contributed by atoms with Crippen molar-refractivity contribution in [3.8, 4) is 0 Å². The molecule has 0 heterocycles. The first-order chi connectivity index (χ1) is 9.41. The zero-order valence-electron chi connectivity index (χ0n) is 14.0. The quantitative estimate of drug-likeness (QED) is 0.791. The zero-order valence-corrected chi connectivity index (χ0v) is 14.0. The van der Waals surface area contributed by atoms with Crippen LogP contribution in [0.5, 0.6) is 0 Å². The molecule has 0 aliphatic heterocycles. The van der Waals surface area contributed by atoms with Gasteiger partial charge in [-0.25, -0.2) is 0 Å². The topological polar surface area (TPSA) is 12.0 Å². The van der Waals surface area contributed by atoms with Crippen molar-refractivity contribution >= 4 is 0 Å². The first-order valence-corrected chi connectivity index (χ1v) is 8.22. The Labute approximate surface area is 125 Å². The van der Waals surface area contributed by atoms with Gasteiger partial charge in [-0.1, -0.05) is 38.3 Å². The van der Waals surface area contributed by atoms with Crippen molar-refractivity contribution in [2.24, 2.45) is 5.41 Å². The molecule has 1 atom stereocenters. The number of hydrogen-bond acceptors (Lipinski definition) is 1. The Balaban J connectivity index is 2.01. The third kappa shape index (κ3) is 3.63. The van der Waals surface area contributed by atoms with Crippen LogP contribution >= 0.6 is 0 Å². The summed E-state index contributed by atoms with van der Waals surface area (Å²) in [5.74, 6) is 0. The molecular weight excluding hydrogens is 242 g/mol. The minimum absolute atomic E-state index is 0.452. The highest BCUT2D eigenvalue weighted by molar-refractivity contribution is 5.38. The van der Waals surface area contributed by atoms with Crippen molar-refractivity contribution in [1.82, 2.24) is 5.32 Å². The molecule has 1 saturated carbocycles. The molecule has 0 spiro atoms. The van der Waals surface area contributed by atoms with Gasteiger partial charge >= 0.3 is 0 Å². The summed E-state index contributed by atoms with van der Waals surface area (Å²) in [6.45, 7) is 12.6. The van der Waals surface area contributed by atoms with E-state index in [1.54, 1.807) is 0 Å². The molecule has 0 aromatic heterocycles. The summed E-state index contributed by atoms with van der Waals surface area (Å²) in [5, 5.41) is 3.80. The van der Waals surface area contributed by atoms with E-state index < -0.39 is 0 Å². The SMILES string of the molecule is Cc1cc(C)c(C(C)NCC2(C)CCCCC2)cc1C. The molecule has 1 aromatic carbocycles. The van der Waals surface area contributed by atoms with Crippen LogP contribution in [0.15, 0.2) is 12.1 Å². The van der Waals surface area contributed by atoms with Crippen LogP contribution < -0.4 is 5.32 Å². The normalized spacial score (nSPS) is 19.9. The zero-order chi connectivity index (χ0) is 14.8. The van der Waals surface area contributed by atoms with Crippen molar-refractivity contribution in [2.45, 2.75) is 72.8 Å². The van der Waals surface area contributed by atoms with Crippen molar-refractivity contribution in [2.75, 3.05) is 6.54 Å². The van der Waals surface area contributed by atoms with Crippen molar-refractivity contribution in [3.05, 3.63) is 34.4 Å². The van der Waals surface area contributed by atoms with E-state index in [0.29, 0.717) is 11.5 Å². The maximum Gasteiger partial charge on any atom is 0.0294 e. The Morgan fingerprint density at radius 1 is 1.00 bits per heavy atom. The van der Waals surface area contributed by atoms with Gasteiger partial charge in [-0.05, 0) is 68.2 Å². The first-order valence-electron chi connectivity index (χ1n) is 8.22. The second kappa shape index (κ2) is 6.30. The fourth-order valence-corrected chi connectivity index (χ4v) is 3.54. The van der Waals surface area contributed by atoms with Crippen LogP contribution in [0, 0.1) is 26.2 Å². The smallest absolute Gasteiger partial charge is 0.0294 e. The third-order valence-corrected chi connectivity index (χ3v) is 5.24. The van der Waals surface area contributed by atoms with E-state index in [1.165, 1.54) is 54.4 Å². The molecule has 1 N–H and O–H groups in total.